The number of carbonyl (C=O) groups excluding carboxylic acids is 1. The Hall–Kier alpha value is -4.14. The number of rotatable bonds is 8. The quantitative estimate of drug-likeness (QED) is 0.342. The van der Waals surface area contributed by atoms with E-state index in [9.17, 15) is 4.79 Å². The molecule has 2 saturated heterocycles. The van der Waals surface area contributed by atoms with Crippen LogP contribution in [0.25, 0.3) is 16.9 Å². The largest absolute Gasteiger partial charge is 0.378 e. The second kappa shape index (κ2) is 12.8. The number of amides is 1. The molecule has 0 saturated carbocycles. The number of anilines is 2. The van der Waals surface area contributed by atoms with Crippen LogP contribution >= 0.6 is 0 Å². The van der Waals surface area contributed by atoms with Gasteiger partial charge in [-0.15, -0.1) is 0 Å². The van der Waals surface area contributed by atoms with Crippen LogP contribution in [-0.4, -0.2) is 79.7 Å². The van der Waals surface area contributed by atoms with Crippen LogP contribution < -0.4 is 15.1 Å². The normalized spacial score (nSPS) is 16.0. The van der Waals surface area contributed by atoms with Crippen molar-refractivity contribution in [3.63, 3.8) is 0 Å². The molecule has 0 radical (unpaired) electrons. The predicted octanol–water partition coefficient (Wildman–Crippen LogP) is 4.43. The molecule has 0 unspecified atom stereocenters. The van der Waals surface area contributed by atoms with Gasteiger partial charge in [-0.1, -0.05) is 35.9 Å². The zero-order valence-corrected chi connectivity index (χ0v) is 24.6. The number of aromatic nitrogens is 2. The first-order chi connectivity index (χ1) is 20.5. The van der Waals surface area contributed by atoms with E-state index in [4.69, 9.17) is 9.84 Å². The van der Waals surface area contributed by atoms with Gasteiger partial charge in [0.1, 0.15) is 0 Å². The number of carbonyl (C=O) groups is 1. The molecule has 0 bridgehead atoms. The van der Waals surface area contributed by atoms with Gasteiger partial charge in [0.15, 0.2) is 0 Å². The van der Waals surface area contributed by atoms with E-state index in [1.54, 1.807) is 0 Å². The number of hydrogen-bond acceptors (Lipinski definition) is 6. The lowest BCUT2D eigenvalue weighted by molar-refractivity contribution is -0.121. The number of piperazine rings is 1. The minimum atomic E-state index is 0.0340. The Morgan fingerprint density at radius 1 is 0.833 bits per heavy atom. The van der Waals surface area contributed by atoms with E-state index < -0.39 is 0 Å². The Morgan fingerprint density at radius 2 is 1.62 bits per heavy atom. The zero-order valence-electron chi connectivity index (χ0n) is 24.6. The second-order valence-electron chi connectivity index (χ2n) is 11.3. The van der Waals surface area contributed by atoms with E-state index in [2.05, 4.69) is 70.3 Å². The van der Waals surface area contributed by atoms with Crippen LogP contribution in [0, 0.1) is 13.8 Å². The van der Waals surface area contributed by atoms with Gasteiger partial charge >= 0.3 is 0 Å². The Morgan fingerprint density at radius 3 is 2.38 bits per heavy atom. The summed E-state index contributed by atoms with van der Waals surface area (Å²) in [5, 5.41) is 8.03. The van der Waals surface area contributed by atoms with Crippen LogP contribution in [-0.2, 0) is 16.0 Å². The van der Waals surface area contributed by atoms with Crippen molar-refractivity contribution in [2.75, 3.05) is 69.0 Å². The third-order valence-corrected chi connectivity index (χ3v) is 8.19. The molecule has 0 atom stereocenters. The van der Waals surface area contributed by atoms with Crippen LogP contribution in [0.5, 0.6) is 0 Å². The Labute approximate surface area is 248 Å². The average Bonchev–Trinajstić information content (AvgIpc) is 3.52. The molecule has 0 aliphatic carbocycles. The van der Waals surface area contributed by atoms with Gasteiger partial charge in [-0.2, -0.15) is 5.10 Å². The predicted molar refractivity (Wildman–Crippen MR) is 168 cm³/mol. The molecular weight excluding hydrogens is 524 g/mol. The highest BCUT2D eigenvalue weighted by Gasteiger charge is 2.20. The molecule has 4 aromatic rings. The van der Waals surface area contributed by atoms with Gasteiger partial charge < -0.3 is 19.9 Å². The third-order valence-electron chi connectivity index (χ3n) is 8.19. The Bertz CT molecular complexity index is 1500. The summed E-state index contributed by atoms with van der Waals surface area (Å²) >= 11 is 0. The maximum Gasteiger partial charge on any atom is 0.225 e. The fourth-order valence-corrected chi connectivity index (χ4v) is 5.89. The van der Waals surface area contributed by atoms with Gasteiger partial charge in [-0.25, -0.2) is 4.68 Å². The van der Waals surface area contributed by atoms with Crippen LogP contribution in [0.2, 0.25) is 0 Å². The summed E-state index contributed by atoms with van der Waals surface area (Å²) in [6.45, 7) is 11.7. The van der Waals surface area contributed by atoms with Gasteiger partial charge in [0.2, 0.25) is 5.91 Å². The minimum absolute atomic E-state index is 0.0340. The molecule has 0 spiro atoms. The summed E-state index contributed by atoms with van der Waals surface area (Å²) in [7, 11) is 0. The fourth-order valence-electron chi connectivity index (χ4n) is 5.89. The first-order valence-corrected chi connectivity index (χ1v) is 14.9. The van der Waals surface area contributed by atoms with Gasteiger partial charge in [-0.05, 0) is 67.4 Å². The molecule has 218 valence electrons. The van der Waals surface area contributed by atoms with Crippen molar-refractivity contribution in [2.24, 2.45) is 0 Å². The number of hydrogen-bond donors (Lipinski definition) is 1. The summed E-state index contributed by atoms with van der Waals surface area (Å²) < 4.78 is 7.48. The lowest BCUT2D eigenvalue weighted by atomic mass is 10.0. The monoisotopic (exact) mass is 564 g/mol. The van der Waals surface area contributed by atoms with E-state index in [1.807, 2.05) is 47.3 Å². The topological polar surface area (TPSA) is 65.9 Å². The van der Waals surface area contributed by atoms with Gasteiger partial charge in [0.05, 0.1) is 37.7 Å². The van der Waals surface area contributed by atoms with Gasteiger partial charge in [-0.3, -0.25) is 9.69 Å². The number of nitrogens with zero attached hydrogens (tertiary/aromatic N) is 5. The average molecular weight is 565 g/mol. The van der Waals surface area contributed by atoms with E-state index in [0.29, 0.717) is 26.3 Å². The second-order valence-corrected chi connectivity index (χ2v) is 11.3. The summed E-state index contributed by atoms with van der Waals surface area (Å²) in [6.07, 6.45) is 2.31. The summed E-state index contributed by atoms with van der Waals surface area (Å²) in [6, 6.07) is 25.2. The summed E-state index contributed by atoms with van der Waals surface area (Å²) in [5.74, 6) is 0.0340. The number of morpholine rings is 1. The van der Waals surface area contributed by atoms with Crippen LogP contribution in [0.1, 0.15) is 16.7 Å². The van der Waals surface area contributed by atoms with E-state index >= 15 is 0 Å². The summed E-state index contributed by atoms with van der Waals surface area (Å²) in [4.78, 5) is 20.2. The molecule has 8 nitrogen and oxygen atoms in total. The number of nitrogens with one attached hydrogen (secondary N) is 1. The summed E-state index contributed by atoms with van der Waals surface area (Å²) in [5.41, 5.74) is 8.94. The Balaban J connectivity index is 1.11. The SMILES string of the molecule is Cc1ccc(N2CCN(CNC(=O)Cc3cc(-c4ccn(-c5ccccc5)n4)cc(N4CCOCC4)c3)CC2)c(C)c1. The first-order valence-electron chi connectivity index (χ1n) is 14.9. The lowest BCUT2D eigenvalue weighted by Crippen LogP contribution is -2.50. The maximum absolute atomic E-state index is 13.1. The van der Waals surface area contributed by atoms with E-state index in [1.165, 1.54) is 16.8 Å². The highest BCUT2D eigenvalue weighted by atomic mass is 16.5. The maximum atomic E-state index is 13.1. The van der Waals surface area contributed by atoms with Crippen molar-refractivity contribution in [1.82, 2.24) is 20.0 Å². The van der Waals surface area contributed by atoms with Crippen LogP contribution in [0.4, 0.5) is 11.4 Å². The molecule has 42 heavy (non-hydrogen) atoms. The van der Waals surface area contributed by atoms with Crippen LogP contribution in [0.15, 0.2) is 79.0 Å². The molecule has 2 aliphatic heterocycles. The fraction of sp³-hybridized carbons (Fsp3) is 0.353. The van der Waals surface area contributed by atoms with Crippen molar-refractivity contribution in [1.29, 1.82) is 0 Å². The molecule has 1 amide bonds. The highest BCUT2D eigenvalue weighted by molar-refractivity contribution is 5.80. The molecule has 1 N–H and O–H groups in total. The van der Waals surface area contributed by atoms with Crippen LogP contribution in [0.3, 0.4) is 0 Å². The number of ether oxygens (including phenoxy) is 1. The number of para-hydroxylation sites is 1. The number of aryl methyl sites for hydroxylation is 2. The van der Waals surface area contributed by atoms with Gasteiger partial charge in [0.25, 0.3) is 0 Å². The molecule has 6 rings (SSSR count). The van der Waals surface area contributed by atoms with Gasteiger partial charge in [0, 0.05) is 62.4 Å². The Kier molecular flexibility index (Phi) is 8.53. The van der Waals surface area contributed by atoms with Crippen molar-refractivity contribution in [3.8, 4) is 16.9 Å². The zero-order chi connectivity index (χ0) is 28.9. The minimum Gasteiger partial charge on any atom is -0.378 e. The third kappa shape index (κ3) is 6.66. The van der Waals surface area contributed by atoms with Crippen molar-refractivity contribution < 1.29 is 9.53 Å². The van der Waals surface area contributed by atoms with E-state index in [-0.39, 0.29) is 5.91 Å². The van der Waals surface area contributed by atoms with Crippen molar-refractivity contribution in [3.05, 3.63) is 95.7 Å². The molecule has 3 heterocycles. The molecule has 1 aromatic heterocycles. The molecular formula is C34H40N6O2. The number of benzene rings is 3. The first kappa shape index (κ1) is 28.0. The van der Waals surface area contributed by atoms with E-state index in [0.717, 1.165) is 67.5 Å². The molecule has 2 fully saturated rings. The standard InChI is InChI=1S/C34H40N6O2/c1-26-8-9-33(27(2)20-26)39-14-12-37(13-15-39)25-35-34(41)23-28-21-29(24-31(22-28)38-16-18-42-19-17-38)32-10-11-40(36-32)30-6-4-3-5-7-30/h3-11,20-22,24H,12-19,23,25H2,1-2H3,(H,35,41). The van der Waals surface area contributed by atoms with Crippen molar-refractivity contribution >= 4 is 17.3 Å². The lowest BCUT2D eigenvalue weighted by Gasteiger charge is -2.36. The highest BCUT2D eigenvalue weighted by Crippen LogP contribution is 2.28. The molecule has 2 aliphatic rings. The van der Waals surface area contributed by atoms with Crippen molar-refractivity contribution in [2.45, 2.75) is 20.3 Å². The molecule has 3 aromatic carbocycles. The molecule has 8 heteroatoms. The smallest absolute Gasteiger partial charge is 0.225 e.